The van der Waals surface area contributed by atoms with Crippen LogP contribution in [0.1, 0.15) is 18.1 Å². The minimum Gasteiger partial charge on any atom is -0.497 e. The van der Waals surface area contributed by atoms with Crippen LogP contribution in [0.15, 0.2) is 65.5 Å². The van der Waals surface area contributed by atoms with E-state index in [1.54, 1.807) is 13.2 Å². The Hall–Kier alpha value is -3.41. The minimum atomic E-state index is -0.312. The fraction of sp³-hybridized carbons (Fsp3) is 0.227. The molecular formula is C22H23N3O3. The predicted octanol–water partition coefficient (Wildman–Crippen LogP) is 2.80. The summed E-state index contributed by atoms with van der Waals surface area (Å²) >= 11 is 0. The highest BCUT2D eigenvalue weighted by Gasteiger charge is 2.08. The first-order valence-electron chi connectivity index (χ1n) is 9.16. The largest absolute Gasteiger partial charge is 0.497 e. The van der Waals surface area contributed by atoms with Crippen molar-refractivity contribution < 1.29 is 9.53 Å². The molecule has 1 aromatic heterocycles. The SMILES string of the molecule is CCc1ccc(-c2ccc(=O)n(CC(=O)NCc3ccc(OC)cc3)n2)cc1. The zero-order valence-corrected chi connectivity index (χ0v) is 16.0. The van der Waals surface area contributed by atoms with Gasteiger partial charge in [-0.05, 0) is 35.7 Å². The number of aryl methyl sites for hydroxylation is 1. The molecule has 0 atom stereocenters. The molecule has 1 N–H and O–H groups in total. The van der Waals surface area contributed by atoms with Gasteiger partial charge < -0.3 is 10.1 Å². The van der Waals surface area contributed by atoms with Crippen LogP contribution in [0.2, 0.25) is 0 Å². The van der Waals surface area contributed by atoms with Crippen LogP contribution in [-0.2, 0) is 24.3 Å². The monoisotopic (exact) mass is 377 g/mol. The third kappa shape index (κ3) is 4.85. The molecule has 0 fully saturated rings. The molecular weight excluding hydrogens is 354 g/mol. The highest BCUT2D eigenvalue weighted by Crippen LogP contribution is 2.16. The lowest BCUT2D eigenvalue weighted by Gasteiger charge is -2.09. The van der Waals surface area contributed by atoms with E-state index in [0.29, 0.717) is 12.2 Å². The van der Waals surface area contributed by atoms with Crippen LogP contribution in [0.4, 0.5) is 0 Å². The average molecular weight is 377 g/mol. The summed E-state index contributed by atoms with van der Waals surface area (Å²) in [6.45, 7) is 2.34. The number of carbonyl (C=O) groups excluding carboxylic acids is 1. The zero-order valence-electron chi connectivity index (χ0n) is 16.0. The Morgan fingerprint density at radius 1 is 1.00 bits per heavy atom. The van der Waals surface area contributed by atoms with E-state index in [1.807, 2.05) is 48.5 Å². The number of methoxy groups -OCH3 is 1. The highest BCUT2D eigenvalue weighted by atomic mass is 16.5. The maximum atomic E-state index is 12.3. The Labute approximate surface area is 163 Å². The predicted molar refractivity (Wildman–Crippen MR) is 108 cm³/mol. The van der Waals surface area contributed by atoms with Gasteiger partial charge in [0.1, 0.15) is 12.3 Å². The van der Waals surface area contributed by atoms with Crippen molar-refractivity contribution in [1.29, 1.82) is 0 Å². The van der Waals surface area contributed by atoms with Crippen LogP contribution in [0.5, 0.6) is 5.75 Å². The van der Waals surface area contributed by atoms with Crippen LogP contribution in [0.25, 0.3) is 11.3 Å². The number of benzene rings is 2. The summed E-state index contributed by atoms with van der Waals surface area (Å²) in [5, 5.41) is 7.15. The second-order valence-corrected chi connectivity index (χ2v) is 6.39. The summed E-state index contributed by atoms with van der Waals surface area (Å²) in [5.74, 6) is 0.485. The maximum Gasteiger partial charge on any atom is 0.267 e. The molecule has 0 aliphatic carbocycles. The van der Waals surface area contributed by atoms with Gasteiger partial charge in [0.25, 0.3) is 5.56 Å². The number of amides is 1. The summed E-state index contributed by atoms with van der Waals surface area (Å²) in [6.07, 6.45) is 0.960. The third-order valence-corrected chi connectivity index (χ3v) is 4.47. The third-order valence-electron chi connectivity index (χ3n) is 4.47. The molecule has 1 heterocycles. The topological polar surface area (TPSA) is 73.2 Å². The van der Waals surface area contributed by atoms with Crippen LogP contribution < -0.4 is 15.6 Å². The van der Waals surface area contributed by atoms with Crippen molar-refractivity contribution in [1.82, 2.24) is 15.1 Å². The van der Waals surface area contributed by atoms with Crippen LogP contribution >= 0.6 is 0 Å². The van der Waals surface area contributed by atoms with Gasteiger partial charge in [0.2, 0.25) is 5.91 Å². The van der Waals surface area contributed by atoms with E-state index in [4.69, 9.17) is 4.74 Å². The van der Waals surface area contributed by atoms with Gasteiger partial charge in [-0.3, -0.25) is 9.59 Å². The first kappa shape index (κ1) is 19.4. The van der Waals surface area contributed by atoms with Crippen molar-refractivity contribution in [3.05, 3.63) is 82.1 Å². The Bertz CT molecular complexity index is 993. The van der Waals surface area contributed by atoms with Gasteiger partial charge >= 0.3 is 0 Å². The van der Waals surface area contributed by atoms with Crippen LogP contribution in [0.3, 0.4) is 0 Å². The van der Waals surface area contributed by atoms with Crippen molar-refractivity contribution in [3.63, 3.8) is 0 Å². The van der Waals surface area contributed by atoms with Crippen LogP contribution in [-0.4, -0.2) is 22.8 Å². The number of hydrogen-bond acceptors (Lipinski definition) is 4. The van der Waals surface area contributed by atoms with Crippen LogP contribution in [0, 0.1) is 0 Å². The molecule has 28 heavy (non-hydrogen) atoms. The number of hydrogen-bond donors (Lipinski definition) is 1. The Morgan fingerprint density at radius 3 is 2.32 bits per heavy atom. The summed E-state index contributed by atoms with van der Waals surface area (Å²) in [7, 11) is 1.60. The lowest BCUT2D eigenvalue weighted by molar-refractivity contribution is -0.122. The quantitative estimate of drug-likeness (QED) is 0.687. The lowest BCUT2D eigenvalue weighted by Crippen LogP contribution is -2.33. The van der Waals surface area contributed by atoms with E-state index in [-0.39, 0.29) is 18.0 Å². The van der Waals surface area contributed by atoms with E-state index in [9.17, 15) is 9.59 Å². The summed E-state index contributed by atoms with van der Waals surface area (Å²) < 4.78 is 6.30. The van der Waals surface area contributed by atoms with E-state index in [2.05, 4.69) is 17.3 Å². The molecule has 6 nitrogen and oxygen atoms in total. The molecule has 0 aliphatic heterocycles. The number of rotatable bonds is 7. The molecule has 0 unspecified atom stereocenters. The molecule has 0 spiro atoms. The van der Waals surface area contributed by atoms with Gasteiger partial charge in [0, 0.05) is 18.2 Å². The van der Waals surface area contributed by atoms with Gasteiger partial charge in [0.05, 0.1) is 12.8 Å². The first-order valence-corrected chi connectivity index (χ1v) is 9.16. The molecule has 0 aliphatic rings. The van der Waals surface area contributed by atoms with E-state index >= 15 is 0 Å². The average Bonchev–Trinajstić information content (AvgIpc) is 2.74. The number of nitrogens with zero attached hydrogens (tertiary/aromatic N) is 2. The summed E-state index contributed by atoms with van der Waals surface area (Å²) in [5.41, 5.74) is 3.43. The molecule has 1 amide bonds. The van der Waals surface area contributed by atoms with Crippen molar-refractivity contribution in [2.24, 2.45) is 0 Å². The smallest absolute Gasteiger partial charge is 0.267 e. The Kier molecular flexibility index (Phi) is 6.22. The second kappa shape index (κ2) is 8.99. The van der Waals surface area contributed by atoms with Gasteiger partial charge in [-0.15, -0.1) is 0 Å². The number of aromatic nitrogens is 2. The first-order chi connectivity index (χ1) is 13.6. The molecule has 2 aromatic carbocycles. The molecule has 0 saturated heterocycles. The Morgan fingerprint density at radius 2 is 1.68 bits per heavy atom. The second-order valence-electron chi connectivity index (χ2n) is 6.39. The molecule has 0 saturated carbocycles. The Balaban J connectivity index is 1.66. The normalized spacial score (nSPS) is 10.5. The molecule has 0 bridgehead atoms. The number of ether oxygens (including phenoxy) is 1. The molecule has 6 heteroatoms. The van der Waals surface area contributed by atoms with Crippen molar-refractivity contribution in [2.45, 2.75) is 26.4 Å². The van der Waals surface area contributed by atoms with Gasteiger partial charge in [-0.2, -0.15) is 5.10 Å². The minimum absolute atomic E-state index is 0.129. The van der Waals surface area contributed by atoms with E-state index in [1.165, 1.54) is 16.3 Å². The van der Waals surface area contributed by atoms with Gasteiger partial charge in [0.15, 0.2) is 0 Å². The van der Waals surface area contributed by atoms with Crippen molar-refractivity contribution >= 4 is 5.91 Å². The van der Waals surface area contributed by atoms with Gasteiger partial charge in [-0.25, -0.2) is 4.68 Å². The molecule has 144 valence electrons. The molecule has 0 radical (unpaired) electrons. The molecule has 3 rings (SSSR count). The zero-order chi connectivity index (χ0) is 19.9. The standard InChI is InChI=1S/C22H23N3O3/c1-3-16-4-8-18(9-5-16)20-12-13-22(27)25(24-20)15-21(26)23-14-17-6-10-19(28-2)11-7-17/h4-13H,3,14-15H2,1-2H3,(H,23,26). The highest BCUT2D eigenvalue weighted by molar-refractivity contribution is 5.75. The summed E-state index contributed by atoms with van der Waals surface area (Å²) in [4.78, 5) is 24.3. The molecule has 3 aromatic rings. The van der Waals surface area contributed by atoms with Gasteiger partial charge in [-0.1, -0.05) is 43.3 Å². The van der Waals surface area contributed by atoms with E-state index in [0.717, 1.165) is 23.3 Å². The summed E-state index contributed by atoms with van der Waals surface area (Å²) in [6, 6.07) is 18.6. The van der Waals surface area contributed by atoms with E-state index < -0.39 is 0 Å². The number of nitrogens with one attached hydrogen (secondary N) is 1. The maximum absolute atomic E-state index is 12.3. The number of carbonyl (C=O) groups is 1. The fourth-order valence-electron chi connectivity index (χ4n) is 2.76. The van der Waals surface area contributed by atoms with Crippen molar-refractivity contribution in [2.75, 3.05) is 7.11 Å². The van der Waals surface area contributed by atoms with Crippen molar-refractivity contribution in [3.8, 4) is 17.0 Å². The fourth-order valence-corrected chi connectivity index (χ4v) is 2.76. The lowest BCUT2D eigenvalue weighted by atomic mass is 10.1.